The number of amides is 2. The van der Waals surface area contributed by atoms with Crippen LogP contribution in [0.1, 0.15) is 61.1 Å². The largest absolute Gasteiger partial charge is 0.350 e. The number of likely N-dealkylation sites (N-methyl/N-ethyl adjacent to an activating group) is 2. The molecule has 7 nitrogen and oxygen atoms in total. The Morgan fingerprint density at radius 3 is 2.76 bits per heavy atom. The molecule has 3 fully saturated rings. The van der Waals surface area contributed by atoms with Gasteiger partial charge in [0.05, 0.1) is 12.1 Å². The number of hydrogen-bond donors (Lipinski definition) is 1. The Kier molecular flexibility index (Phi) is 6.40. The van der Waals surface area contributed by atoms with Crippen LogP contribution in [0.3, 0.4) is 0 Å². The third-order valence-corrected chi connectivity index (χ3v) is 8.64. The molecule has 3 aliphatic carbocycles. The Morgan fingerprint density at radius 1 is 1.12 bits per heavy atom. The molecule has 2 heterocycles. The summed E-state index contributed by atoms with van der Waals surface area (Å²) in [6.45, 7) is 2.28. The smallest absolute Gasteiger partial charge is 0.268 e. The highest BCUT2D eigenvalue weighted by Gasteiger charge is 2.51. The van der Waals surface area contributed by atoms with E-state index < -0.39 is 0 Å². The van der Waals surface area contributed by atoms with E-state index in [9.17, 15) is 9.59 Å². The van der Waals surface area contributed by atoms with Gasteiger partial charge in [0.2, 0.25) is 5.91 Å². The van der Waals surface area contributed by atoms with E-state index >= 15 is 0 Å². The molecule has 5 rings (SSSR count). The van der Waals surface area contributed by atoms with Gasteiger partial charge >= 0.3 is 0 Å². The van der Waals surface area contributed by atoms with Crippen molar-refractivity contribution in [3.63, 3.8) is 0 Å². The molecule has 0 aromatic carbocycles. The van der Waals surface area contributed by atoms with Crippen molar-refractivity contribution in [2.24, 2.45) is 23.2 Å². The fourth-order valence-electron chi connectivity index (χ4n) is 6.99. The summed E-state index contributed by atoms with van der Waals surface area (Å²) in [5, 5.41) is 3.30. The zero-order chi connectivity index (χ0) is 23.9. The summed E-state index contributed by atoms with van der Waals surface area (Å²) in [4.78, 5) is 34.3. The molecule has 0 aliphatic heterocycles. The van der Waals surface area contributed by atoms with Gasteiger partial charge in [0.25, 0.3) is 5.91 Å². The number of carbonyl (C=O) groups is 2. The second-order valence-electron chi connectivity index (χ2n) is 11.5. The second-order valence-corrected chi connectivity index (χ2v) is 11.5. The molecule has 3 saturated carbocycles. The molecule has 0 saturated heterocycles. The van der Waals surface area contributed by atoms with Gasteiger partial charge in [-0.25, -0.2) is 4.98 Å². The summed E-state index contributed by atoms with van der Waals surface area (Å²) in [6, 6.07) is 5.62. The highest BCUT2D eigenvalue weighted by Crippen LogP contribution is 2.59. The van der Waals surface area contributed by atoms with E-state index in [1.165, 1.54) is 44.9 Å². The first-order chi connectivity index (χ1) is 16.3. The fraction of sp³-hybridized carbons (Fsp3) is 0.667. The van der Waals surface area contributed by atoms with Crippen molar-refractivity contribution in [1.29, 1.82) is 0 Å². The zero-order valence-corrected chi connectivity index (χ0v) is 20.9. The van der Waals surface area contributed by atoms with E-state index in [2.05, 4.69) is 15.2 Å². The summed E-state index contributed by atoms with van der Waals surface area (Å²) in [5.74, 6) is 2.60. The van der Waals surface area contributed by atoms with Crippen LogP contribution in [0.15, 0.2) is 24.4 Å². The third kappa shape index (κ3) is 4.72. The molecular formula is C27H39N5O2. The summed E-state index contributed by atoms with van der Waals surface area (Å²) in [7, 11) is 5.82. The lowest BCUT2D eigenvalue weighted by Crippen LogP contribution is -2.39. The molecule has 0 spiro atoms. The Morgan fingerprint density at radius 2 is 1.94 bits per heavy atom. The van der Waals surface area contributed by atoms with E-state index in [-0.39, 0.29) is 18.2 Å². The average Bonchev–Trinajstić information content (AvgIpc) is 3.28. The number of fused-ring (bicyclic) bond motifs is 3. The SMILES string of the molecule is CN(C)CCN(C)C(=O)Cc1cn2c(C(=O)NCC34CC5CCCC(C3)C(C5)C4)cccc2n1. The van der Waals surface area contributed by atoms with Crippen molar-refractivity contribution >= 4 is 17.5 Å². The van der Waals surface area contributed by atoms with Gasteiger partial charge in [-0.2, -0.15) is 0 Å². The maximum atomic E-state index is 13.3. The van der Waals surface area contributed by atoms with Crippen LogP contribution >= 0.6 is 0 Å². The van der Waals surface area contributed by atoms with Crippen LogP contribution in [0.4, 0.5) is 0 Å². The van der Waals surface area contributed by atoms with Gasteiger partial charge in [-0.15, -0.1) is 0 Å². The van der Waals surface area contributed by atoms with Crippen LogP contribution in [0.25, 0.3) is 5.65 Å². The molecule has 1 N–H and O–H groups in total. The molecule has 2 aromatic heterocycles. The first kappa shape index (κ1) is 23.3. The molecule has 2 aromatic rings. The molecule has 2 amide bonds. The minimum atomic E-state index is -0.0439. The van der Waals surface area contributed by atoms with E-state index in [0.717, 1.165) is 30.8 Å². The predicted molar refractivity (Wildman–Crippen MR) is 133 cm³/mol. The number of aromatic nitrogens is 2. The molecule has 34 heavy (non-hydrogen) atoms. The molecule has 4 atom stereocenters. The maximum absolute atomic E-state index is 13.3. The van der Waals surface area contributed by atoms with Crippen molar-refractivity contribution in [3.05, 3.63) is 35.8 Å². The fourth-order valence-corrected chi connectivity index (χ4v) is 6.99. The predicted octanol–water partition coefficient (Wildman–Crippen LogP) is 3.23. The van der Waals surface area contributed by atoms with Crippen LogP contribution in [0.5, 0.6) is 0 Å². The number of nitrogens with zero attached hydrogens (tertiary/aromatic N) is 4. The molecule has 3 bridgehead atoms. The molecule has 4 unspecified atom stereocenters. The Bertz CT molecular complexity index is 1060. The lowest BCUT2D eigenvalue weighted by atomic mass is 9.69. The third-order valence-electron chi connectivity index (χ3n) is 8.64. The standard InChI is InChI=1S/C27H39N5O2/c1-30(2)10-11-31(3)25(33)13-22-17-32-23(8-5-9-24(32)29-22)26(34)28-18-27-14-19-6-4-7-20(15-27)21(12-19)16-27/h5,8-9,17,19-21H,4,6-7,10-16,18H2,1-3H3,(H,28,34). The van der Waals surface area contributed by atoms with Gasteiger partial charge in [0.15, 0.2) is 0 Å². The lowest BCUT2D eigenvalue weighted by Gasteiger charge is -2.38. The van der Waals surface area contributed by atoms with E-state index in [1.807, 2.05) is 49.9 Å². The average molecular weight is 466 g/mol. The van der Waals surface area contributed by atoms with Crippen LogP contribution in [-0.4, -0.2) is 71.8 Å². The number of rotatable bonds is 8. The van der Waals surface area contributed by atoms with Gasteiger partial charge < -0.3 is 15.1 Å². The number of carbonyl (C=O) groups excluding carboxylic acids is 2. The number of hydrogen-bond acceptors (Lipinski definition) is 4. The second kappa shape index (κ2) is 9.33. The summed E-state index contributed by atoms with van der Waals surface area (Å²) < 4.78 is 1.84. The molecular weight excluding hydrogens is 426 g/mol. The minimum absolute atomic E-state index is 0.0361. The van der Waals surface area contributed by atoms with Gasteiger partial charge in [0, 0.05) is 32.9 Å². The number of nitrogens with one attached hydrogen (secondary N) is 1. The van der Waals surface area contributed by atoms with Crippen LogP contribution in [0, 0.1) is 23.2 Å². The lowest BCUT2D eigenvalue weighted by molar-refractivity contribution is -0.129. The normalized spacial score (nSPS) is 27.8. The van der Waals surface area contributed by atoms with Crippen molar-refractivity contribution in [2.45, 2.75) is 51.4 Å². The molecule has 3 aliphatic rings. The molecule has 184 valence electrons. The van der Waals surface area contributed by atoms with Gasteiger partial charge in [-0.3, -0.25) is 14.0 Å². The summed E-state index contributed by atoms with van der Waals surface area (Å²) in [6.07, 6.45) is 11.5. The van der Waals surface area contributed by atoms with E-state index in [1.54, 1.807) is 4.90 Å². The van der Waals surface area contributed by atoms with Crippen LogP contribution in [0.2, 0.25) is 0 Å². The van der Waals surface area contributed by atoms with Gasteiger partial charge in [-0.1, -0.05) is 25.3 Å². The first-order valence-electron chi connectivity index (χ1n) is 13.0. The summed E-state index contributed by atoms with van der Waals surface area (Å²) in [5.41, 5.74) is 2.29. The highest BCUT2D eigenvalue weighted by atomic mass is 16.2. The summed E-state index contributed by atoms with van der Waals surface area (Å²) >= 11 is 0. The number of pyridine rings is 1. The van der Waals surface area contributed by atoms with Gasteiger partial charge in [-0.05, 0) is 75.1 Å². The van der Waals surface area contributed by atoms with Crippen LogP contribution in [-0.2, 0) is 11.2 Å². The molecule has 0 radical (unpaired) electrons. The van der Waals surface area contributed by atoms with Crippen molar-refractivity contribution in [3.8, 4) is 0 Å². The van der Waals surface area contributed by atoms with E-state index in [4.69, 9.17) is 0 Å². The van der Waals surface area contributed by atoms with Crippen molar-refractivity contribution in [1.82, 2.24) is 24.5 Å². The monoisotopic (exact) mass is 465 g/mol. The van der Waals surface area contributed by atoms with Crippen LogP contribution < -0.4 is 5.32 Å². The Labute approximate surface area is 202 Å². The van der Waals surface area contributed by atoms with Gasteiger partial charge in [0.1, 0.15) is 11.3 Å². The topological polar surface area (TPSA) is 70.0 Å². The highest BCUT2D eigenvalue weighted by molar-refractivity contribution is 5.93. The van der Waals surface area contributed by atoms with E-state index in [0.29, 0.717) is 29.0 Å². The minimum Gasteiger partial charge on any atom is -0.350 e. The quantitative estimate of drug-likeness (QED) is 0.650. The van der Waals surface area contributed by atoms with Crippen molar-refractivity contribution in [2.75, 3.05) is 40.8 Å². The zero-order valence-electron chi connectivity index (χ0n) is 20.9. The van der Waals surface area contributed by atoms with Crippen molar-refractivity contribution < 1.29 is 9.59 Å². The maximum Gasteiger partial charge on any atom is 0.268 e. The first-order valence-corrected chi connectivity index (χ1v) is 13.0. The number of imidazole rings is 1. The Balaban J connectivity index is 1.25. The molecule has 7 heteroatoms. The Hall–Kier alpha value is -2.41.